The van der Waals surface area contributed by atoms with Gasteiger partial charge in [0.05, 0.1) is 0 Å². The van der Waals surface area contributed by atoms with Crippen LogP contribution in [-0.2, 0) is 0 Å². The third-order valence-corrected chi connectivity index (χ3v) is 4.94. The normalized spacial score (nSPS) is 10.5. The van der Waals surface area contributed by atoms with Crippen molar-refractivity contribution in [1.29, 1.82) is 0 Å². The van der Waals surface area contributed by atoms with Gasteiger partial charge in [0.25, 0.3) is 0 Å². The highest BCUT2D eigenvalue weighted by atomic mass is 16.3. The molecule has 0 aliphatic rings. The van der Waals surface area contributed by atoms with E-state index in [1.54, 1.807) is 97.1 Å². The Bertz CT molecular complexity index is 1050. The lowest BCUT2D eigenvalue weighted by Crippen LogP contribution is -1.99. The largest absolute Gasteiger partial charge is 0.507 e. The minimum absolute atomic E-state index is 0.0131. The molecule has 4 aromatic carbocycles. The van der Waals surface area contributed by atoms with Crippen molar-refractivity contribution in [3.8, 4) is 23.0 Å². The maximum absolute atomic E-state index is 10.7. The lowest BCUT2D eigenvalue weighted by Gasteiger charge is -2.20. The van der Waals surface area contributed by atoms with E-state index in [1.165, 1.54) is 0 Å². The van der Waals surface area contributed by atoms with Gasteiger partial charge in [-0.1, -0.05) is 72.8 Å². The van der Waals surface area contributed by atoms with Crippen LogP contribution >= 0.6 is 0 Å². The number of aromatic hydroxyl groups is 4. The summed E-state index contributed by atoms with van der Waals surface area (Å²) in [4.78, 5) is 0. The Morgan fingerprint density at radius 3 is 0.733 bits per heavy atom. The van der Waals surface area contributed by atoms with E-state index < -0.39 is 0 Å². The van der Waals surface area contributed by atoms with E-state index >= 15 is 0 Å². The first-order chi connectivity index (χ1) is 14.6. The zero-order chi connectivity index (χ0) is 21.1. The molecule has 0 bridgehead atoms. The van der Waals surface area contributed by atoms with Crippen LogP contribution < -0.4 is 0 Å². The highest BCUT2D eigenvalue weighted by Crippen LogP contribution is 2.45. The number of benzene rings is 4. The van der Waals surface area contributed by atoms with Gasteiger partial charge in [-0.15, -0.1) is 0 Å². The zero-order valence-electron chi connectivity index (χ0n) is 16.0. The fourth-order valence-electron chi connectivity index (χ4n) is 3.57. The Kier molecular flexibility index (Phi) is 5.14. The monoisotopic (exact) mass is 396 g/mol. The summed E-state index contributed by atoms with van der Waals surface area (Å²) in [5.41, 5.74) is 2.80. The second-order valence-electron chi connectivity index (χ2n) is 6.82. The minimum Gasteiger partial charge on any atom is -0.507 e. The van der Waals surface area contributed by atoms with Gasteiger partial charge in [-0.2, -0.15) is 0 Å². The van der Waals surface area contributed by atoms with Crippen LogP contribution in [0.4, 0.5) is 0 Å². The molecule has 0 spiro atoms. The van der Waals surface area contributed by atoms with Crippen molar-refractivity contribution in [2.24, 2.45) is 0 Å². The Balaban J connectivity index is 2.23. The van der Waals surface area contributed by atoms with Crippen molar-refractivity contribution in [1.82, 2.24) is 0 Å². The average molecular weight is 396 g/mol. The third kappa shape index (κ3) is 3.47. The number of phenolic OH excluding ortho intramolecular Hbond substituents is 4. The van der Waals surface area contributed by atoms with Crippen molar-refractivity contribution in [2.45, 2.75) is 0 Å². The summed E-state index contributed by atoms with van der Waals surface area (Å²) in [5.74, 6) is 0.0522. The first-order valence-corrected chi connectivity index (χ1v) is 9.45. The summed E-state index contributed by atoms with van der Waals surface area (Å²) < 4.78 is 0. The Labute approximate surface area is 174 Å². The van der Waals surface area contributed by atoms with E-state index in [2.05, 4.69) is 0 Å². The van der Waals surface area contributed by atoms with Gasteiger partial charge >= 0.3 is 0 Å². The summed E-state index contributed by atoms with van der Waals surface area (Å²) >= 11 is 0. The lowest BCUT2D eigenvalue weighted by atomic mass is 9.84. The fraction of sp³-hybridized carbons (Fsp3) is 0. The summed E-state index contributed by atoms with van der Waals surface area (Å²) in [7, 11) is 0. The highest BCUT2D eigenvalue weighted by Gasteiger charge is 2.23. The van der Waals surface area contributed by atoms with E-state index in [9.17, 15) is 20.4 Å². The molecular formula is C26H20O4. The van der Waals surface area contributed by atoms with E-state index in [0.717, 1.165) is 0 Å². The van der Waals surface area contributed by atoms with Crippen LogP contribution in [-0.4, -0.2) is 20.4 Å². The molecule has 0 atom stereocenters. The molecule has 0 aliphatic carbocycles. The summed E-state index contributed by atoms with van der Waals surface area (Å²) in [6.07, 6.45) is 0. The second kappa shape index (κ2) is 8.05. The smallest absolute Gasteiger partial charge is 0.123 e. The van der Waals surface area contributed by atoms with Crippen molar-refractivity contribution < 1.29 is 20.4 Å². The van der Waals surface area contributed by atoms with Gasteiger partial charge in [-0.05, 0) is 24.3 Å². The van der Waals surface area contributed by atoms with Gasteiger partial charge in [-0.3, -0.25) is 0 Å². The topological polar surface area (TPSA) is 80.9 Å². The van der Waals surface area contributed by atoms with Crippen LogP contribution in [0.25, 0.3) is 11.1 Å². The summed E-state index contributed by atoms with van der Waals surface area (Å²) in [5, 5.41) is 42.7. The van der Waals surface area contributed by atoms with E-state index in [-0.39, 0.29) is 23.0 Å². The van der Waals surface area contributed by atoms with E-state index in [4.69, 9.17) is 0 Å². The lowest BCUT2D eigenvalue weighted by molar-refractivity contribution is 0.468. The van der Waals surface area contributed by atoms with Crippen LogP contribution in [0.3, 0.4) is 0 Å². The van der Waals surface area contributed by atoms with Crippen LogP contribution in [0, 0.1) is 0 Å². The second-order valence-corrected chi connectivity index (χ2v) is 6.82. The average Bonchev–Trinajstić information content (AvgIpc) is 2.75. The molecule has 4 nitrogen and oxygen atoms in total. The summed E-state index contributed by atoms with van der Waals surface area (Å²) in [6.45, 7) is 0. The molecular weight excluding hydrogens is 376 g/mol. The maximum atomic E-state index is 10.7. The molecule has 4 aromatic rings. The molecule has 0 unspecified atom stereocenters. The molecule has 0 aromatic heterocycles. The number of hydrogen-bond donors (Lipinski definition) is 4. The van der Waals surface area contributed by atoms with Gasteiger partial charge in [0, 0.05) is 33.4 Å². The third-order valence-electron chi connectivity index (χ3n) is 4.94. The number of phenols is 4. The van der Waals surface area contributed by atoms with Crippen molar-refractivity contribution >= 4 is 11.1 Å². The number of para-hydroxylation sites is 4. The maximum Gasteiger partial charge on any atom is 0.123 e. The van der Waals surface area contributed by atoms with Gasteiger partial charge in [0.2, 0.25) is 0 Å². The molecule has 0 heterocycles. The molecule has 4 N–H and O–H groups in total. The quantitative estimate of drug-likeness (QED) is 0.343. The standard InChI is InChI=1S/C26H20O4/c27-21-13-5-1-9-17(21)25(18-10-2-6-14-22(18)28)26(19-11-3-7-15-23(19)29)20-12-4-8-16-24(20)30/h1-16,27-30H. The van der Waals surface area contributed by atoms with Crippen molar-refractivity contribution in [2.75, 3.05) is 0 Å². The Morgan fingerprint density at radius 1 is 0.333 bits per heavy atom. The SMILES string of the molecule is Oc1ccccc1C(=C(c1ccccc1O)c1ccccc1O)c1ccccc1O. The molecule has 0 saturated heterocycles. The highest BCUT2D eigenvalue weighted by molar-refractivity contribution is 6.08. The molecule has 30 heavy (non-hydrogen) atoms. The predicted octanol–water partition coefficient (Wildman–Crippen LogP) is 5.52. The first kappa shape index (κ1) is 19.2. The van der Waals surface area contributed by atoms with Crippen LogP contribution in [0.2, 0.25) is 0 Å². The zero-order valence-corrected chi connectivity index (χ0v) is 16.0. The molecule has 4 rings (SSSR count). The van der Waals surface area contributed by atoms with Crippen LogP contribution in [0.15, 0.2) is 97.1 Å². The molecule has 0 amide bonds. The van der Waals surface area contributed by atoms with Crippen LogP contribution in [0.1, 0.15) is 22.3 Å². The van der Waals surface area contributed by atoms with Gasteiger partial charge in [0.15, 0.2) is 0 Å². The minimum atomic E-state index is 0.0131. The van der Waals surface area contributed by atoms with Crippen molar-refractivity contribution in [3.63, 3.8) is 0 Å². The Hall–Kier alpha value is -4.18. The predicted molar refractivity (Wildman–Crippen MR) is 117 cm³/mol. The molecule has 0 fully saturated rings. The Morgan fingerprint density at radius 2 is 0.533 bits per heavy atom. The van der Waals surface area contributed by atoms with E-state index in [0.29, 0.717) is 33.4 Å². The van der Waals surface area contributed by atoms with E-state index in [1.807, 2.05) is 0 Å². The van der Waals surface area contributed by atoms with Gasteiger partial charge in [0.1, 0.15) is 23.0 Å². The first-order valence-electron chi connectivity index (χ1n) is 9.45. The van der Waals surface area contributed by atoms with Gasteiger partial charge < -0.3 is 20.4 Å². The summed E-state index contributed by atoms with van der Waals surface area (Å²) in [6, 6.07) is 27.1. The van der Waals surface area contributed by atoms with Gasteiger partial charge in [-0.25, -0.2) is 0 Å². The molecule has 148 valence electrons. The molecule has 0 saturated carbocycles. The van der Waals surface area contributed by atoms with Crippen LogP contribution in [0.5, 0.6) is 23.0 Å². The number of hydrogen-bond acceptors (Lipinski definition) is 4. The fourth-order valence-corrected chi connectivity index (χ4v) is 3.57. The molecule has 4 heteroatoms. The number of rotatable bonds is 4. The van der Waals surface area contributed by atoms with Crippen molar-refractivity contribution in [3.05, 3.63) is 119 Å². The molecule has 0 radical (unpaired) electrons. The molecule has 0 aliphatic heterocycles.